The average molecular weight is 285 g/mol. The summed E-state index contributed by atoms with van der Waals surface area (Å²) in [7, 11) is 0. The molecule has 0 aliphatic carbocycles. The maximum absolute atomic E-state index is 8.73. The third-order valence-electron chi connectivity index (χ3n) is 2.03. The third-order valence-corrected chi connectivity index (χ3v) is 4.36. The van der Waals surface area contributed by atoms with Gasteiger partial charge in [0.15, 0.2) is 5.84 Å². The molecular weight excluding hydrogens is 276 g/mol. The summed E-state index contributed by atoms with van der Waals surface area (Å²) in [6.45, 7) is 0. The van der Waals surface area contributed by atoms with E-state index in [2.05, 4.69) is 5.16 Å². The fourth-order valence-electron chi connectivity index (χ4n) is 1.28. The molecule has 2 aromatic rings. The Morgan fingerprint density at radius 2 is 2.24 bits per heavy atom. The number of benzene rings is 1. The molecule has 3 nitrogen and oxygen atoms in total. The maximum atomic E-state index is 8.73. The van der Waals surface area contributed by atoms with Crippen LogP contribution in [-0.2, 0) is 0 Å². The molecule has 0 spiro atoms. The molecule has 0 aliphatic rings. The zero-order chi connectivity index (χ0) is 12.3. The van der Waals surface area contributed by atoms with Gasteiger partial charge in [0, 0.05) is 15.5 Å². The van der Waals surface area contributed by atoms with E-state index in [0.717, 1.165) is 9.10 Å². The van der Waals surface area contributed by atoms with Crippen LogP contribution < -0.4 is 5.73 Å². The number of nitrogens with zero attached hydrogens (tertiary/aromatic N) is 1. The summed E-state index contributed by atoms with van der Waals surface area (Å²) in [5.74, 6) is 0.0840. The molecular formula is C11H9ClN2OS2. The van der Waals surface area contributed by atoms with E-state index in [1.54, 1.807) is 41.3 Å². The molecule has 0 saturated heterocycles. The molecule has 0 amide bonds. The van der Waals surface area contributed by atoms with Gasteiger partial charge >= 0.3 is 0 Å². The molecule has 1 heterocycles. The van der Waals surface area contributed by atoms with Crippen molar-refractivity contribution in [2.24, 2.45) is 10.9 Å². The topological polar surface area (TPSA) is 58.6 Å². The van der Waals surface area contributed by atoms with Gasteiger partial charge in [-0.05, 0) is 29.6 Å². The summed E-state index contributed by atoms with van der Waals surface area (Å²) in [4.78, 5) is 0.871. The second-order valence-corrected chi connectivity index (χ2v) is 5.89. The Morgan fingerprint density at radius 3 is 2.88 bits per heavy atom. The first kappa shape index (κ1) is 12.3. The fourth-order valence-corrected chi connectivity index (χ4v) is 3.42. The number of amidine groups is 1. The number of oxime groups is 1. The SMILES string of the molecule is NC(=NO)c1ccc(Cl)cc1Sc1cccs1. The Bertz CT molecular complexity index is 540. The van der Waals surface area contributed by atoms with Crippen LogP contribution in [0.2, 0.25) is 5.02 Å². The molecule has 1 aromatic heterocycles. The van der Waals surface area contributed by atoms with Gasteiger partial charge in [-0.3, -0.25) is 0 Å². The van der Waals surface area contributed by atoms with E-state index in [1.807, 2.05) is 17.5 Å². The van der Waals surface area contributed by atoms with Crippen LogP contribution in [0.1, 0.15) is 5.56 Å². The first-order valence-corrected chi connectivity index (χ1v) is 6.77. The quantitative estimate of drug-likeness (QED) is 0.391. The fraction of sp³-hybridized carbons (Fsp3) is 0. The largest absolute Gasteiger partial charge is 0.409 e. The van der Waals surface area contributed by atoms with Crippen molar-refractivity contribution in [1.29, 1.82) is 0 Å². The van der Waals surface area contributed by atoms with E-state index >= 15 is 0 Å². The van der Waals surface area contributed by atoms with Gasteiger partial charge in [0.25, 0.3) is 0 Å². The molecule has 0 aliphatic heterocycles. The lowest BCUT2D eigenvalue weighted by molar-refractivity contribution is 0.318. The summed E-state index contributed by atoms with van der Waals surface area (Å²) < 4.78 is 1.12. The lowest BCUT2D eigenvalue weighted by atomic mass is 10.2. The number of halogens is 1. The standard InChI is InChI=1S/C11H9ClN2OS2/c12-7-3-4-8(11(13)14-15)9(6-7)17-10-2-1-5-16-10/h1-6,15H,(H2,13,14). The monoisotopic (exact) mass is 284 g/mol. The maximum Gasteiger partial charge on any atom is 0.171 e. The highest BCUT2D eigenvalue weighted by Crippen LogP contribution is 2.34. The Hall–Kier alpha value is -1.17. The van der Waals surface area contributed by atoms with Crippen LogP contribution in [0.25, 0.3) is 0 Å². The number of hydrogen-bond acceptors (Lipinski definition) is 4. The van der Waals surface area contributed by atoms with Crippen molar-refractivity contribution in [2.75, 3.05) is 0 Å². The van der Waals surface area contributed by atoms with Crippen molar-refractivity contribution in [3.8, 4) is 0 Å². The summed E-state index contributed by atoms with van der Waals surface area (Å²) >= 11 is 9.12. The Kier molecular flexibility index (Phi) is 3.93. The first-order valence-electron chi connectivity index (χ1n) is 4.69. The first-order chi connectivity index (χ1) is 8.20. The second-order valence-electron chi connectivity index (χ2n) is 3.16. The predicted octanol–water partition coefficient (Wildman–Crippen LogP) is 3.65. The molecule has 0 atom stereocenters. The van der Waals surface area contributed by atoms with Gasteiger partial charge in [-0.25, -0.2) is 0 Å². The average Bonchev–Trinajstić information content (AvgIpc) is 2.81. The molecule has 0 fully saturated rings. The molecule has 2 rings (SSSR count). The van der Waals surface area contributed by atoms with Gasteiger partial charge in [-0.15, -0.1) is 11.3 Å². The number of nitrogens with two attached hydrogens (primary N) is 1. The molecule has 0 saturated carbocycles. The highest BCUT2D eigenvalue weighted by molar-refractivity contribution is 8.01. The zero-order valence-electron chi connectivity index (χ0n) is 8.63. The van der Waals surface area contributed by atoms with Crippen LogP contribution in [0.3, 0.4) is 0 Å². The van der Waals surface area contributed by atoms with E-state index in [4.69, 9.17) is 22.5 Å². The lowest BCUT2D eigenvalue weighted by Crippen LogP contribution is -2.14. The number of thiophene rings is 1. The van der Waals surface area contributed by atoms with Crippen LogP contribution in [0.4, 0.5) is 0 Å². The minimum absolute atomic E-state index is 0.0840. The van der Waals surface area contributed by atoms with Gasteiger partial charge in [0.05, 0.1) is 4.21 Å². The van der Waals surface area contributed by atoms with Crippen molar-refractivity contribution in [2.45, 2.75) is 9.10 Å². The summed E-state index contributed by atoms with van der Waals surface area (Å²) in [5.41, 5.74) is 6.30. The third kappa shape index (κ3) is 2.94. The van der Waals surface area contributed by atoms with Gasteiger partial charge in [-0.2, -0.15) is 0 Å². The summed E-state index contributed by atoms with van der Waals surface area (Å²) in [5, 5.41) is 14.4. The van der Waals surface area contributed by atoms with Crippen LogP contribution in [-0.4, -0.2) is 11.0 Å². The highest BCUT2D eigenvalue weighted by Gasteiger charge is 2.09. The van der Waals surface area contributed by atoms with E-state index in [9.17, 15) is 0 Å². The minimum Gasteiger partial charge on any atom is -0.409 e. The van der Waals surface area contributed by atoms with E-state index in [0.29, 0.717) is 10.6 Å². The van der Waals surface area contributed by atoms with E-state index < -0.39 is 0 Å². The van der Waals surface area contributed by atoms with E-state index in [1.165, 1.54) is 0 Å². The Morgan fingerprint density at radius 1 is 1.41 bits per heavy atom. The van der Waals surface area contributed by atoms with Crippen LogP contribution in [0.15, 0.2) is 50.0 Å². The molecule has 0 unspecified atom stereocenters. The van der Waals surface area contributed by atoms with Crippen LogP contribution in [0, 0.1) is 0 Å². The smallest absolute Gasteiger partial charge is 0.171 e. The zero-order valence-corrected chi connectivity index (χ0v) is 11.0. The normalized spacial score (nSPS) is 11.7. The highest BCUT2D eigenvalue weighted by atomic mass is 35.5. The van der Waals surface area contributed by atoms with Gasteiger partial charge in [0.1, 0.15) is 0 Å². The Labute approximate surface area is 112 Å². The van der Waals surface area contributed by atoms with Gasteiger partial charge in [-0.1, -0.05) is 34.6 Å². The van der Waals surface area contributed by atoms with Crippen molar-refractivity contribution < 1.29 is 5.21 Å². The van der Waals surface area contributed by atoms with Crippen molar-refractivity contribution in [1.82, 2.24) is 0 Å². The number of hydrogen-bond donors (Lipinski definition) is 2. The van der Waals surface area contributed by atoms with Crippen molar-refractivity contribution >= 4 is 40.5 Å². The van der Waals surface area contributed by atoms with Crippen molar-refractivity contribution in [3.05, 3.63) is 46.3 Å². The molecule has 3 N–H and O–H groups in total. The summed E-state index contributed by atoms with van der Waals surface area (Å²) in [6.07, 6.45) is 0. The molecule has 1 aromatic carbocycles. The molecule has 88 valence electrons. The minimum atomic E-state index is 0.0840. The lowest BCUT2D eigenvalue weighted by Gasteiger charge is -2.07. The number of rotatable bonds is 3. The molecule has 0 radical (unpaired) electrons. The van der Waals surface area contributed by atoms with Crippen LogP contribution in [0.5, 0.6) is 0 Å². The van der Waals surface area contributed by atoms with Crippen molar-refractivity contribution in [3.63, 3.8) is 0 Å². The van der Waals surface area contributed by atoms with Gasteiger partial charge in [0.2, 0.25) is 0 Å². The van der Waals surface area contributed by atoms with E-state index in [-0.39, 0.29) is 5.84 Å². The molecule has 17 heavy (non-hydrogen) atoms. The predicted molar refractivity (Wildman–Crippen MR) is 72.4 cm³/mol. The molecule has 6 heteroatoms. The second kappa shape index (κ2) is 5.44. The molecule has 0 bridgehead atoms. The summed E-state index contributed by atoms with van der Waals surface area (Å²) in [6, 6.07) is 9.24. The van der Waals surface area contributed by atoms with Gasteiger partial charge < -0.3 is 10.9 Å². The van der Waals surface area contributed by atoms with Crippen LogP contribution >= 0.6 is 34.7 Å². The Balaban J connectivity index is 2.40.